The highest BCUT2D eigenvalue weighted by Gasteiger charge is 2.20. The Balaban J connectivity index is 2.00. The second kappa shape index (κ2) is 7.49. The molecule has 0 bridgehead atoms. The molecule has 0 unspecified atom stereocenters. The van der Waals surface area contributed by atoms with Gasteiger partial charge in [-0.2, -0.15) is 5.10 Å². The lowest BCUT2D eigenvalue weighted by Crippen LogP contribution is -2.13. The van der Waals surface area contributed by atoms with Gasteiger partial charge in [-0.3, -0.25) is 9.89 Å². The predicted octanol–water partition coefficient (Wildman–Crippen LogP) is 4.31. The van der Waals surface area contributed by atoms with Gasteiger partial charge < -0.3 is 14.8 Å². The summed E-state index contributed by atoms with van der Waals surface area (Å²) in [6.07, 6.45) is 0. The molecule has 2 N–H and O–H groups in total. The van der Waals surface area contributed by atoms with Gasteiger partial charge in [0.1, 0.15) is 17.2 Å². The van der Waals surface area contributed by atoms with Gasteiger partial charge in [0.15, 0.2) is 0 Å². The predicted molar refractivity (Wildman–Crippen MR) is 101 cm³/mol. The molecule has 0 spiro atoms. The van der Waals surface area contributed by atoms with Crippen molar-refractivity contribution in [2.24, 2.45) is 0 Å². The summed E-state index contributed by atoms with van der Waals surface area (Å²) in [5, 5.41) is 10.5. The Hall–Kier alpha value is -2.99. The number of benzene rings is 2. The molecule has 1 heterocycles. The molecule has 0 saturated heterocycles. The largest absolute Gasteiger partial charge is 0.497 e. The number of amides is 1. The molecule has 0 radical (unpaired) electrons. The lowest BCUT2D eigenvalue weighted by molar-refractivity contribution is 0.102. The molecule has 3 aromatic rings. The van der Waals surface area contributed by atoms with Crippen molar-refractivity contribution in [2.45, 2.75) is 6.92 Å². The van der Waals surface area contributed by atoms with Gasteiger partial charge in [0, 0.05) is 11.6 Å². The number of aromatic amines is 1. The highest BCUT2D eigenvalue weighted by Crippen LogP contribution is 2.37. The van der Waals surface area contributed by atoms with E-state index in [-0.39, 0.29) is 5.91 Å². The van der Waals surface area contributed by atoms with Gasteiger partial charge in [-0.15, -0.1) is 0 Å². The van der Waals surface area contributed by atoms with Crippen LogP contribution in [0, 0.1) is 6.92 Å². The number of hydrogen-bond donors (Lipinski definition) is 2. The third-order valence-corrected chi connectivity index (χ3v) is 4.30. The Morgan fingerprint density at radius 2 is 1.92 bits per heavy atom. The Kier molecular flexibility index (Phi) is 5.14. The van der Waals surface area contributed by atoms with E-state index in [4.69, 9.17) is 21.1 Å². The van der Waals surface area contributed by atoms with Crippen molar-refractivity contribution in [1.29, 1.82) is 0 Å². The number of aromatic nitrogens is 2. The Labute approximate surface area is 156 Å². The van der Waals surface area contributed by atoms with Crippen LogP contribution in [0.2, 0.25) is 5.02 Å². The van der Waals surface area contributed by atoms with Crippen LogP contribution < -0.4 is 14.8 Å². The maximum Gasteiger partial charge on any atom is 0.257 e. The van der Waals surface area contributed by atoms with Crippen LogP contribution >= 0.6 is 11.6 Å². The number of anilines is 1. The van der Waals surface area contributed by atoms with Crippen molar-refractivity contribution in [3.63, 3.8) is 0 Å². The fraction of sp³-hybridized carbons (Fsp3) is 0.158. The van der Waals surface area contributed by atoms with Crippen LogP contribution in [0.3, 0.4) is 0 Å². The molecule has 1 amide bonds. The van der Waals surface area contributed by atoms with Crippen molar-refractivity contribution >= 4 is 23.2 Å². The van der Waals surface area contributed by atoms with Crippen molar-refractivity contribution < 1.29 is 14.3 Å². The van der Waals surface area contributed by atoms with E-state index in [0.717, 1.165) is 11.3 Å². The van der Waals surface area contributed by atoms with Gasteiger partial charge in [0.25, 0.3) is 5.91 Å². The van der Waals surface area contributed by atoms with Crippen molar-refractivity contribution in [3.8, 4) is 22.8 Å². The lowest BCUT2D eigenvalue weighted by Gasteiger charge is -2.12. The highest BCUT2D eigenvalue weighted by atomic mass is 35.5. The number of methoxy groups -OCH3 is 2. The number of carbonyl (C=O) groups excluding carboxylic acids is 1. The topological polar surface area (TPSA) is 76.2 Å². The van der Waals surface area contributed by atoms with Crippen LogP contribution in [0.25, 0.3) is 11.3 Å². The first-order valence-electron chi connectivity index (χ1n) is 7.88. The first-order valence-corrected chi connectivity index (χ1v) is 8.26. The van der Waals surface area contributed by atoms with Crippen LogP contribution in [-0.2, 0) is 0 Å². The van der Waals surface area contributed by atoms with E-state index in [1.165, 1.54) is 0 Å². The molecule has 0 atom stereocenters. The summed E-state index contributed by atoms with van der Waals surface area (Å²) < 4.78 is 10.7. The summed E-state index contributed by atoms with van der Waals surface area (Å²) in [6, 6.07) is 12.3. The van der Waals surface area contributed by atoms with E-state index < -0.39 is 0 Å². The molecule has 3 rings (SSSR count). The molecular formula is C19H18ClN3O3. The number of nitrogens with one attached hydrogen (secondary N) is 2. The second-order valence-electron chi connectivity index (χ2n) is 5.57. The summed E-state index contributed by atoms with van der Waals surface area (Å²) in [4.78, 5) is 12.6. The van der Waals surface area contributed by atoms with Gasteiger partial charge in [0.05, 0.1) is 36.2 Å². The van der Waals surface area contributed by atoms with Crippen LogP contribution in [-0.4, -0.2) is 30.3 Å². The van der Waals surface area contributed by atoms with E-state index in [2.05, 4.69) is 15.5 Å². The zero-order valence-corrected chi connectivity index (χ0v) is 15.3. The number of rotatable bonds is 5. The summed E-state index contributed by atoms with van der Waals surface area (Å²) in [6.45, 7) is 1.83. The average molecular weight is 372 g/mol. The lowest BCUT2D eigenvalue weighted by atomic mass is 10.1. The van der Waals surface area contributed by atoms with E-state index in [1.54, 1.807) is 44.6 Å². The minimum Gasteiger partial charge on any atom is -0.497 e. The monoisotopic (exact) mass is 371 g/mol. The van der Waals surface area contributed by atoms with Crippen molar-refractivity contribution in [1.82, 2.24) is 10.2 Å². The highest BCUT2D eigenvalue weighted by molar-refractivity contribution is 6.34. The smallest absolute Gasteiger partial charge is 0.257 e. The molecule has 0 aliphatic carbocycles. The second-order valence-corrected chi connectivity index (χ2v) is 5.98. The van der Waals surface area contributed by atoms with Crippen LogP contribution in [0.15, 0.2) is 42.5 Å². The van der Waals surface area contributed by atoms with Crippen LogP contribution in [0.5, 0.6) is 11.5 Å². The molecule has 0 saturated carbocycles. The zero-order valence-electron chi connectivity index (χ0n) is 14.6. The van der Waals surface area contributed by atoms with Crippen molar-refractivity contribution in [2.75, 3.05) is 19.5 Å². The van der Waals surface area contributed by atoms with Crippen LogP contribution in [0.1, 0.15) is 16.1 Å². The molecule has 2 aromatic carbocycles. The Morgan fingerprint density at radius 1 is 1.15 bits per heavy atom. The molecule has 1 aromatic heterocycles. The average Bonchev–Trinajstić information content (AvgIpc) is 3.01. The standard InChI is InChI=1S/C19H18ClN3O3/c1-11-17(21-19(24)13-6-4-5-7-15(13)20)18(23-22-11)14-9-8-12(25-2)10-16(14)26-3/h4-10H,1-3H3,(H,21,24)(H,22,23). The number of hydrogen-bond acceptors (Lipinski definition) is 4. The summed E-state index contributed by atoms with van der Waals surface area (Å²) in [5.41, 5.74) is 2.98. The SMILES string of the molecule is COc1ccc(-c2n[nH]c(C)c2NC(=O)c2ccccc2Cl)c(OC)c1. The third kappa shape index (κ3) is 3.36. The molecule has 0 aliphatic heterocycles. The molecule has 26 heavy (non-hydrogen) atoms. The van der Waals surface area contributed by atoms with E-state index in [9.17, 15) is 4.79 Å². The number of H-pyrrole nitrogens is 1. The van der Waals surface area contributed by atoms with Crippen LogP contribution in [0.4, 0.5) is 5.69 Å². The normalized spacial score (nSPS) is 10.5. The van der Waals surface area contributed by atoms with E-state index in [1.807, 2.05) is 19.1 Å². The minimum absolute atomic E-state index is 0.311. The zero-order chi connectivity index (χ0) is 18.7. The number of aryl methyl sites for hydroxylation is 1. The first kappa shape index (κ1) is 17.8. The number of halogens is 1. The van der Waals surface area contributed by atoms with Gasteiger partial charge >= 0.3 is 0 Å². The molecule has 7 heteroatoms. The Bertz CT molecular complexity index is 953. The third-order valence-electron chi connectivity index (χ3n) is 3.97. The van der Waals surface area contributed by atoms with Gasteiger partial charge in [0.2, 0.25) is 0 Å². The van der Waals surface area contributed by atoms with Gasteiger partial charge in [-0.1, -0.05) is 23.7 Å². The van der Waals surface area contributed by atoms with E-state index >= 15 is 0 Å². The van der Waals surface area contributed by atoms with E-state index in [0.29, 0.717) is 33.5 Å². The maximum absolute atomic E-state index is 12.6. The molecular weight excluding hydrogens is 354 g/mol. The fourth-order valence-corrected chi connectivity index (χ4v) is 2.82. The Morgan fingerprint density at radius 3 is 2.62 bits per heavy atom. The summed E-state index contributed by atoms with van der Waals surface area (Å²) in [7, 11) is 3.15. The maximum atomic E-state index is 12.6. The molecule has 6 nitrogen and oxygen atoms in total. The molecule has 0 aliphatic rings. The minimum atomic E-state index is -0.311. The number of carbonyl (C=O) groups is 1. The summed E-state index contributed by atoms with van der Waals surface area (Å²) >= 11 is 6.12. The number of nitrogens with zero attached hydrogens (tertiary/aromatic N) is 1. The molecule has 0 fully saturated rings. The number of ether oxygens (including phenoxy) is 2. The van der Waals surface area contributed by atoms with Crippen molar-refractivity contribution in [3.05, 3.63) is 58.7 Å². The summed E-state index contributed by atoms with van der Waals surface area (Å²) in [5.74, 6) is 0.942. The molecule has 134 valence electrons. The van der Waals surface area contributed by atoms with Gasteiger partial charge in [-0.25, -0.2) is 0 Å². The fourth-order valence-electron chi connectivity index (χ4n) is 2.60. The first-order chi connectivity index (χ1) is 12.5. The van der Waals surface area contributed by atoms with Gasteiger partial charge in [-0.05, 0) is 31.2 Å². The quantitative estimate of drug-likeness (QED) is 0.700.